The number of benzene rings is 12. The molecule has 1 radical (unpaired) electrons. The molecule has 16 aromatic rings. The molecule has 9 heteroatoms. The van der Waals surface area contributed by atoms with Gasteiger partial charge in [-0.1, -0.05) is 165 Å². The Bertz CT molecular complexity index is 5500. The SMILES string of the molecule is Cc1c(C)[n+](-c2ccc3ccc4cccc5ccc2c3c45)[c-]n1-c1[c-]cc2c3c4c(ccc13)C=CCC4=CC2.Cc1c(C)[n+](-c2ccc3ccc4cccc5ccc2c3c45)[c-]n1-c1[c-]cc2c3c4c(ccc13)C=CCC4=CC2.Cc1n[n-]c(-c2ccccn2)n1.[Ir]. The minimum atomic E-state index is 0. The molecule has 0 saturated carbocycles. The second kappa shape index (κ2) is 21.1. The molecule has 12 aromatic carbocycles. The topological polar surface area (TPSA) is 70.4 Å². The summed E-state index contributed by atoms with van der Waals surface area (Å²) in [4.78, 5) is 8.19. The second-order valence-corrected chi connectivity index (χ2v) is 24.5. The first-order valence-corrected chi connectivity index (χ1v) is 31.1. The smallest absolute Gasteiger partial charge is 0.267 e. The van der Waals surface area contributed by atoms with E-state index < -0.39 is 0 Å². The molecule has 0 bridgehead atoms. The monoisotopic (exact) mass is 1350 g/mol. The summed E-state index contributed by atoms with van der Waals surface area (Å²) in [5, 5.41) is 28.5. The molecule has 0 atom stereocenters. The Balaban J connectivity index is 0.000000117. The van der Waals surface area contributed by atoms with Gasteiger partial charge >= 0.3 is 0 Å². The number of aromatic nitrogens is 8. The fourth-order valence-electron chi connectivity index (χ4n) is 15.0. The third kappa shape index (κ3) is 8.41. The molecule has 0 N–H and O–H groups in total. The van der Waals surface area contributed by atoms with Gasteiger partial charge in [-0.3, -0.25) is 19.2 Å². The van der Waals surface area contributed by atoms with Crippen LogP contribution in [-0.4, -0.2) is 24.2 Å². The molecule has 4 aliphatic carbocycles. The summed E-state index contributed by atoms with van der Waals surface area (Å²) in [6.45, 7) is 10.6. The van der Waals surface area contributed by atoms with E-state index in [0.29, 0.717) is 11.6 Å². The van der Waals surface area contributed by atoms with Gasteiger partial charge in [0.1, 0.15) is 0 Å². The number of aryl methyl sites for hydroxylation is 1. The molecule has 4 aromatic heterocycles. The molecule has 8 nitrogen and oxygen atoms in total. The number of nitrogens with zero attached hydrogens (tertiary/aromatic N) is 8. The summed E-state index contributed by atoms with van der Waals surface area (Å²) < 4.78 is 8.92. The van der Waals surface area contributed by atoms with Gasteiger partial charge in [-0.15, -0.1) is 44.8 Å². The zero-order valence-electron chi connectivity index (χ0n) is 50.9. The molecular weight excluding hydrogens is 1290 g/mol. The van der Waals surface area contributed by atoms with Crippen LogP contribution in [-0.2, 0) is 32.9 Å². The van der Waals surface area contributed by atoms with Crippen LogP contribution in [0.4, 0.5) is 0 Å². The first-order valence-electron chi connectivity index (χ1n) is 31.1. The predicted octanol–water partition coefficient (Wildman–Crippen LogP) is 17.6. The third-order valence-corrected chi connectivity index (χ3v) is 19.6. The van der Waals surface area contributed by atoms with Gasteiger partial charge in [-0.05, 0) is 187 Å². The van der Waals surface area contributed by atoms with Crippen LogP contribution >= 0.6 is 0 Å². The first kappa shape index (κ1) is 54.7. The fraction of sp³-hybridized carbons (Fsp3) is 0.110. The number of hydrogen-bond acceptors (Lipinski definition) is 3. The summed E-state index contributed by atoms with van der Waals surface area (Å²) in [6.07, 6.45) is 27.1. The van der Waals surface area contributed by atoms with Crippen LogP contribution in [0, 0.1) is 59.4 Å². The van der Waals surface area contributed by atoms with E-state index in [9.17, 15) is 0 Å². The van der Waals surface area contributed by atoms with Gasteiger partial charge in [0.15, 0.2) is 0 Å². The van der Waals surface area contributed by atoms with Crippen LogP contribution in [0.2, 0.25) is 0 Å². The van der Waals surface area contributed by atoms with E-state index in [1.54, 1.807) is 13.1 Å². The number of pyridine rings is 1. The van der Waals surface area contributed by atoms with Crippen LogP contribution in [0.25, 0.3) is 144 Å². The molecule has 0 spiro atoms. The summed E-state index contributed by atoms with van der Waals surface area (Å²) in [7, 11) is 0. The van der Waals surface area contributed by atoms with Crippen molar-refractivity contribution >= 4 is 109 Å². The Kier molecular flexibility index (Phi) is 12.7. The Morgan fingerprint density at radius 2 is 0.901 bits per heavy atom. The molecule has 437 valence electrons. The Morgan fingerprint density at radius 3 is 1.35 bits per heavy atom. The van der Waals surface area contributed by atoms with Gasteiger partial charge in [0.05, 0.1) is 28.5 Å². The van der Waals surface area contributed by atoms with E-state index in [-0.39, 0.29) is 20.1 Å². The number of hydrogen-bond donors (Lipinski definition) is 0. The zero-order chi connectivity index (χ0) is 60.0. The number of imidazole rings is 2. The standard InChI is InChI=1S/2C37H25N2.C8H7N4.Ir/c2*1-22-23(2)39(33-20-16-29-12-10-25-6-4-8-27-14-18-31(33)37(29)35(25)27)21-38(22)32-19-15-28-11-9-24-5-3-7-26-13-17-30(32)36(28)34(24)26;1-6-10-8(12-11-6)7-4-2-3-5-9-7;/h2*3-5,7-11,13-19H,6,12H2,1-2H3;2-5H,1H3;/q3*-1;. The van der Waals surface area contributed by atoms with Crippen molar-refractivity contribution in [3.63, 3.8) is 0 Å². The van der Waals surface area contributed by atoms with Crippen molar-refractivity contribution in [1.82, 2.24) is 29.3 Å². The Labute approximate surface area is 540 Å². The van der Waals surface area contributed by atoms with Crippen molar-refractivity contribution in [3.8, 4) is 34.3 Å². The van der Waals surface area contributed by atoms with Crippen molar-refractivity contribution < 1.29 is 29.2 Å². The van der Waals surface area contributed by atoms with E-state index in [1.165, 1.54) is 153 Å². The summed E-state index contributed by atoms with van der Waals surface area (Å²) in [5.41, 5.74) is 21.1. The summed E-state index contributed by atoms with van der Waals surface area (Å²) in [5.74, 6) is 1.27. The van der Waals surface area contributed by atoms with E-state index in [1.807, 2.05) is 18.2 Å². The summed E-state index contributed by atoms with van der Waals surface area (Å²) in [6, 6.07) is 66.7. The largest absolute Gasteiger partial charge is 0.421 e. The quantitative estimate of drug-likeness (QED) is 0.0978. The van der Waals surface area contributed by atoms with Crippen LogP contribution in [0.3, 0.4) is 0 Å². The van der Waals surface area contributed by atoms with Gasteiger partial charge in [-0.25, -0.2) is 0 Å². The van der Waals surface area contributed by atoms with Crippen molar-refractivity contribution in [2.45, 2.75) is 60.3 Å². The van der Waals surface area contributed by atoms with Crippen molar-refractivity contribution in [2.24, 2.45) is 0 Å². The van der Waals surface area contributed by atoms with Crippen molar-refractivity contribution in [1.29, 1.82) is 0 Å². The van der Waals surface area contributed by atoms with Crippen LogP contribution in [0.15, 0.2) is 194 Å². The number of allylic oxidation sites excluding steroid dienone is 6. The van der Waals surface area contributed by atoms with Gasteiger partial charge in [0.2, 0.25) is 0 Å². The first-order chi connectivity index (χ1) is 44.2. The maximum Gasteiger partial charge on any atom is 0.267 e. The molecule has 0 amide bonds. The maximum absolute atomic E-state index is 4.10. The van der Waals surface area contributed by atoms with Gasteiger partial charge in [-0.2, -0.15) is 24.3 Å². The maximum atomic E-state index is 4.10. The molecule has 0 fully saturated rings. The molecule has 0 unspecified atom stereocenters. The normalized spacial score (nSPS) is 13.5. The summed E-state index contributed by atoms with van der Waals surface area (Å²) >= 11 is 0. The van der Waals surface area contributed by atoms with Gasteiger partial charge in [0, 0.05) is 43.5 Å². The average molecular weight is 1350 g/mol. The Morgan fingerprint density at radius 1 is 0.451 bits per heavy atom. The minimum Gasteiger partial charge on any atom is -0.421 e. The number of rotatable bonds is 5. The van der Waals surface area contributed by atoms with Crippen molar-refractivity contribution in [3.05, 3.63) is 281 Å². The van der Waals surface area contributed by atoms with Crippen molar-refractivity contribution in [2.75, 3.05) is 0 Å². The average Bonchev–Trinajstić information content (AvgIpc) is 1.75. The zero-order valence-corrected chi connectivity index (χ0v) is 53.3. The van der Waals surface area contributed by atoms with E-state index in [4.69, 9.17) is 0 Å². The molecule has 0 aliphatic heterocycles. The van der Waals surface area contributed by atoms with E-state index >= 15 is 0 Å². The second-order valence-electron chi connectivity index (χ2n) is 24.5. The fourth-order valence-corrected chi connectivity index (χ4v) is 15.0. The molecule has 20 rings (SSSR count). The molecule has 4 aliphatic rings. The van der Waals surface area contributed by atoms with Crippen LogP contribution < -0.4 is 14.2 Å². The molecule has 91 heavy (non-hydrogen) atoms. The molecular formula is C82H57IrN8-3. The molecule has 0 saturated heterocycles. The minimum absolute atomic E-state index is 0. The van der Waals surface area contributed by atoms with E-state index in [2.05, 4.69) is 273 Å². The van der Waals surface area contributed by atoms with E-state index in [0.717, 1.165) is 54.1 Å². The van der Waals surface area contributed by atoms with Gasteiger partial charge < -0.3 is 19.2 Å². The van der Waals surface area contributed by atoms with Crippen LogP contribution in [0.5, 0.6) is 0 Å². The van der Waals surface area contributed by atoms with Gasteiger partial charge in [0.25, 0.3) is 12.7 Å². The molecule has 4 heterocycles. The predicted molar refractivity (Wildman–Crippen MR) is 365 cm³/mol. The van der Waals surface area contributed by atoms with Crippen LogP contribution in [0.1, 0.15) is 74.8 Å². The third-order valence-electron chi connectivity index (χ3n) is 19.6. The Hall–Kier alpha value is -10.4.